The van der Waals surface area contributed by atoms with Crippen LogP contribution in [0.25, 0.3) is 0 Å². The quantitative estimate of drug-likeness (QED) is 0.640. The average molecular weight is 434 g/mol. The Morgan fingerprint density at radius 2 is 1.90 bits per heavy atom. The largest absolute Gasteiger partial charge is 0.336 e. The fourth-order valence-corrected chi connectivity index (χ4v) is 4.72. The van der Waals surface area contributed by atoms with Gasteiger partial charge in [0.25, 0.3) is 5.91 Å². The second kappa shape index (κ2) is 8.97. The summed E-state index contributed by atoms with van der Waals surface area (Å²) in [6.45, 7) is 4.41. The predicted octanol–water partition coefficient (Wildman–Crippen LogP) is 4.00. The molecule has 0 bridgehead atoms. The van der Waals surface area contributed by atoms with Crippen molar-refractivity contribution >= 4 is 40.8 Å². The molecule has 1 aliphatic rings. The number of nitrogens with zero attached hydrogens (tertiary/aromatic N) is 2. The molecule has 3 rings (SSSR count). The van der Waals surface area contributed by atoms with Gasteiger partial charge in [0.1, 0.15) is 12.1 Å². The molecule has 2 heterocycles. The molecule has 1 N–H and O–H groups in total. The Kier molecular flexibility index (Phi) is 6.59. The van der Waals surface area contributed by atoms with Crippen LogP contribution in [0.2, 0.25) is 4.34 Å². The van der Waals surface area contributed by atoms with Crippen LogP contribution in [-0.2, 0) is 21.7 Å². The van der Waals surface area contributed by atoms with Gasteiger partial charge < -0.3 is 10.2 Å². The molecule has 1 unspecified atom stereocenters. The van der Waals surface area contributed by atoms with Gasteiger partial charge in [-0.15, -0.1) is 11.3 Å². The number of benzene rings is 1. The number of hydrogen-bond acceptors (Lipinski definition) is 4. The molecule has 2 aromatic rings. The Balaban J connectivity index is 1.79. The Hall–Kier alpha value is -2.38. The minimum Gasteiger partial charge on any atom is -0.336 e. The molecule has 1 saturated heterocycles. The molecule has 0 radical (unpaired) electrons. The summed E-state index contributed by atoms with van der Waals surface area (Å²) in [6, 6.07) is 12.3. The van der Waals surface area contributed by atoms with Gasteiger partial charge in [0.2, 0.25) is 5.91 Å². The fourth-order valence-electron chi connectivity index (χ4n) is 3.61. The highest BCUT2D eigenvalue weighted by Gasteiger charge is 2.52. The number of thiophene rings is 1. The summed E-state index contributed by atoms with van der Waals surface area (Å²) in [5.74, 6) is -0.653. The number of halogens is 1. The summed E-state index contributed by atoms with van der Waals surface area (Å²) in [4.78, 5) is 42.4. The van der Waals surface area contributed by atoms with Crippen molar-refractivity contribution in [1.82, 2.24) is 15.1 Å². The Labute approximate surface area is 179 Å². The van der Waals surface area contributed by atoms with Crippen molar-refractivity contribution in [3.05, 3.63) is 57.2 Å². The van der Waals surface area contributed by atoms with Crippen LogP contribution in [0.4, 0.5) is 4.79 Å². The number of rotatable bonds is 8. The SMILES string of the molecule is CCCC1(c2ccccc2)NC(=O)N(CC(=O)N(CC)Cc2ccc(Cl)s2)C1=O. The molecule has 0 saturated carbocycles. The zero-order valence-corrected chi connectivity index (χ0v) is 18.1. The van der Waals surface area contributed by atoms with E-state index in [1.54, 1.807) is 11.0 Å². The van der Waals surface area contributed by atoms with Crippen LogP contribution in [0, 0.1) is 0 Å². The van der Waals surface area contributed by atoms with Crippen molar-refractivity contribution in [3.63, 3.8) is 0 Å². The van der Waals surface area contributed by atoms with Crippen LogP contribution >= 0.6 is 22.9 Å². The third kappa shape index (κ3) is 4.31. The van der Waals surface area contributed by atoms with Gasteiger partial charge in [0.05, 0.1) is 10.9 Å². The van der Waals surface area contributed by atoms with Crippen molar-refractivity contribution in [2.24, 2.45) is 0 Å². The number of carbonyl (C=O) groups excluding carboxylic acids is 3. The van der Waals surface area contributed by atoms with E-state index in [1.807, 2.05) is 50.2 Å². The van der Waals surface area contributed by atoms with E-state index in [9.17, 15) is 14.4 Å². The van der Waals surface area contributed by atoms with E-state index in [4.69, 9.17) is 11.6 Å². The lowest BCUT2D eigenvalue weighted by molar-refractivity contribution is -0.139. The highest BCUT2D eigenvalue weighted by Crippen LogP contribution is 2.33. The lowest BCUT2D eigenvalue weighted by atomic mass is 9.85. The molecule has 1 fully saturated rings. The minimum absolute atomic E-state index is 0.277. The molecule has 0 spiro atoms. The number of amides is 4. The zero-order chi connectivity index (χ0) is 21.0. The van der Waals surface area contributed by atoms with Gasteiger partial charge in [-0.25, -0.2) is 4.79 Å². The van der Waals surface area contributed by atoms with Gasteiger partial charge in [-0.05, 0) is 31.0 Å². The number of likely N-dealkylation sites (N-methyl/N-ethyl adjacent to an activating group) is 1. The van der Waals surface area contributed by atoms with E-state index in [0.29, 0.717) is 30.3 Å². The maximum absolute atomic E-state index is 13.3. The third-order valence-electron chi connectivity index (χ3n) is 5.07. The van der Waals surface area contributed by atoms with Crippen LogP contribution in [0.1, 0.15) is 37.1 Å². The maximum Gasteiger partial charge on any atom is 0.325 e. The van der Waals surface area contributed by atoms with Crippen LogP contribution in [-0.4, -0.2) is 40.7 Å². The Morgan fingerprint density at radius 3 is 2.48 bits per heavy atom. The lowest BCUT2D eigenvalue weighted by Gasteiger charge is -2.27. The highest BCUT2D eigenvalue weighted by molar-refractivity contribution is 7.16. The molecule has 1 aliphatic heterocycles. The Morgan fingerprint density at radius 1 is 1.17 bits per heavy atom. The summed E-state index contributed by atoms with van der Waals surface area (Å²) in [7, 11) is 0. The maximum atomic E-state index is 13.3. The Bertz CT molecular complexity index is 902. The molecule has 6 nitrogen and oxygen atoms in total. The normalized spacial score (nSPS) is 18.8. The van der Waals surface area contributed by atoms with E-state index in [1.165, 1.54) is 11.3 Å². The minimum atomic E-state index is -1.12. The monoisotopic (exact) mass is 433 g/mol. The molecular formula is C21H24ClN3O3S. The molecule has 8 heteroatoms. The number of carbonyl (C=O) groups is 3. The van der Waals surface area contributed by atoms with Gasteiger partial charge in [0, 0.05) is 11.4 Å². The number of hydrogen-bond donors (Lipinski definition) is 1. The first-order valence-electron chi connectivity index (χ1n) is 9.63. The topological polar surface area (TPSA) is 69.7 Å². The molecule has 0 aliphatic carbocycles. The van der Waals surface area contributed by atoms with Gasteiger partial charge in [-0.3, -0.25) is 14.5 Å². The first-order chi connectivity index (χ1) is 13.9. The van der Waals surface area contributed by atoms with Crippen molar-refractivity contribution < 1.29 is 14.4 Å². The van der Waals surface area contributed by atoms with Crippen molar-refractivity contribution in [3.8, 4) is 0 Å². The first kappa shape index (κ1) is 21.3. The third-order valence-corrected chi connectivity index (χ3v) is 6.29. The van der Waals surface area contributed by atoms with E-state index >= 15 is 0 Å². The molecule has 1 aromatic heterocycles. The zero-order valence-electron chi connectivity index (χ0n) is 16.5. The average Bonchev–Trinajstić information content (AvgIpc) is 3.23. The van der Waals surface area contributed by atoms with Crippen molar-refractivity contribution in [2.75, 3.05) is 13.1 Å². The van der Waals surface area contributed by atoms with Crippen LogP contribution < -0.4 is 5.32 Å². The summed E-state index contributed by atoms with van der Waals surface area (Å²) in [6.07, 6.45) is 1.18. The second-order valence-corrected chi connectivity index (χ2v) is 8.76. The first-order valence-corrected chi connectivity index (χ1v) is 10.8. The highest BCUT2D eigenvalue weighted by atomic mass is 35.5. The van der Waals surface area contributed by atoms with E-state index in [0.717, 1.165) is 15.3 Å². The molecule has 1 atom stereocenters. The smallest absolute Gasteiger partial charge is 0.325 e. The van der Waals surface area contributed by atoms with E-state index in [2.05, 4.69) is 5.32 Å². The summed E-state index contributed by atoms with van der Waals surface area (Å²) < 4.78 is 0.657. The number of urea groups is 1. The standard InChI is InChI=1S/C21H24ClN3O3S/c1-3-12-21(15-8-6-5-7-9-15)19(27)25(20(28)23-21)14-18(26)24(4-2)13-16-10-11-17(22)29-16/h5-11H,3-4,12-14H2,1-2H3,(H,23,28). The molecule has 154 valence electrons. The predicted molar refractivity (Wildman–Crippen MR) is 114 cm³/mol. The molecule has 29 heavy (non-hydrogen) atoms. The van der Waals surface area contributed by atoms with E-state index in [-0.39, 0.29) is 18.4 Å². The van der Waals surface area contributed by atoms with Crippen molar-refractivity contribution in [1.29, 1.82) is 0 Å². The van der Waals surface area contributed by atoms with Crippen LogP contribution in [0.5, 0.6) is 0 Å². The molecule has 4 amide bonds. The number of imide groups is 1. The second-order valence-electron chi connectivity index (χ2n) is 6.96. The van der Waals surface area contributed by atoms with E-state index < -0.39 is 11.6 Å². The number of nitrogens with one attached hydrogen (secondary N) is 1. The van der Waals surface area contributed by atoms with Crippen molar-refractivity contribution in [2.45, 2.75) is 38.8 Å². The molecule has 1 aromatic carbocycles. The molecular weight excluding hydrogens is 410 g/mol. The van der Waals surface area contributed by atoms with Gasteiger partial charge in [-0.2, -0.15) is 0 Å². The van der Waals surface area contributed by atoms with Crippen LogP contribution in [0.3, 0.4) is 0 Å². The summed E-state index contributed by atoms with van der Waals surface area (Å²) >= 11 is 7.38. The summed E-state index contributed by atoms with van der Waals surface area (Å²) in [5, 5.41) is 2.85. The van der Waals surface area contributed by atoms with Crippen LogP contribution in [0.15, 0.2) is 42.5 Å². The van der Waals surface area contributed by atoms with Gasteiger partial charge in [-0.1, -0.05) is 55.3 Å². The van der Waals surface area contributed by atoms with Gasteiger partial charge >= 0.3 is 6.03 Å². The lowest BCUT2D eigenvalue weighted by Crippen LogP contribution is -2.45. The van der Waals surface area contributed by atoms with Gasteiger partial charge in [0.15, 0.2) is 0 Å². The summed E-state index contributed by atoms with van der Waals surface area (Å²) in [5.41, 5.74) is -0.387. The fraction of sp³-hybridized carbons (Fsp3) is 0.381.